The summed E-state index contributed by atoms with van der Waals surface area (Å²) in [6, 6.07) is 77.1. The van der Waals surface area contributed by atoms with Crippen LogP contribution in [0.3, 0.4) is 0 Å². The molecule has 7 aromatic carbocycles. The van der Waals surface area contributed by atoms with E-state index in [9.17, 15) is 0 Å². The molecule has 0 bridgehead atoms. The zero-order chi connectivity index (χ0) is 38.8. The molecule has 1 radical (unpaired) electrons. The van der Waals surface area contributed by atoms with Gasteiger partial charge in [-0.05, 0) is 84.9 Å². The van der Waals surface area contributed by atoms with E-state index in [1.807, 2.05) is 12.1 Å². The molecule has 0 atom stereocenters. The summed E-state index contributed by atoms with van der Waals surface area (Å²) in [5, 5.41) is 25.6. The molecule has 0 saturated carbocycles. The first kappa shape index (κ1) is 42.1. The van der Waals surface area contributed by atoms with Gasteiger partial charge in [0, 0.05) is 40.2 Å². The zero-order valence-electron chi connectivity index (χ0n) is 30.8. The number of benzene rings is 7. The summed E-state index contributed by atoms with van der Waals surface area (Å²) in [6.45, 7) is 0. The third-order valence-corrected chi connectivity index (χ3v) is 14.2. The maximum Gasteiger partial charge on any atom is 0.102 e. The largest absolute Gasteiger partial charge is 0.356 e. The van der Waals surface area contributed by atoms with Gasteiger partial charge in [0.1, 0.15) is 31.8 Å². The predicted molar refractivity (Wildman–Crippen MR) is 240 cm³/mol. The molecule has 0 N–H and O–H groups in total. The maximum absolute atomic E-state index is 8.25. The summed E-state index contributed by atoms with van der Waals surface area (Å²) >= 11 is 0. The normalized spacial score (nSPS) is 10.1. The molecule has 6 nitrogen and oxygen atoms in total. The predicted octanol–water partition coefficient (Wildman–Crippen LogP) is 8.90. The van der Waals surface area contributed by atoms with E-state index in [-0.39, 0.29) is 17.1 Å². The summed E-state index contributed by atoms with van der Waals surface area (Å²) in [5.41, 5.74) is 1.95. The fraction of sp³-hybridized carbons (Fsp3) is 0. The van der Waals surface area contributed by atoms with Crippen LogP contribution < -0.4 is 31.8 Å². The topological polar surface area (TPSA) is 92.0 Å². The Morgan fingerprint density at radius 2 is 0.544 bits per heavy atom. The molecule has 9 aromatic rings. The van der Waals surface area contributed by atoms with Gasteiger partial charge in [-0.2, -0.15) is 0 Å². The summed E-state index contributed by atoms with van der Waals surface area (Å²) in [4.78, 5) is 16.9. The number of hydrogen-bond donors (Lipinski definition) is 0. The Morgan fingerprint density at radius 1 is 0.333 bits per heavy atom. The molecule has 0 fully saturated rings. The van der Waals surface area contributed by atoms with Gasteiger partial charge in [0.05, 0.1) is 32.0 Å². The maximum atomic E-state index is 8.25. The Labute approximate surface area is 346 Å². The van der Waals surface area contributed by atoms with Crippen molar-refractivity contribution < 1.29 is 22.2 Å². The number of rotatable bonds is 6. The second kappa shape index (κ2) is 22.5. The van der Waals surface area contributed by atoms with E-state index in [1.165, 1.54) is 31.8 Å². The smallest absolute Gasteiger partial charge is 0.102 e. The molecule has 0 spiro atoms. The monoisotopic (exact) mass is 831 g/mol. The van der Waals surface area contributed by atoms with Gasteiger partial charge in [0.25, 0.3) is 0 Å². The quantitative estimate of drug-likeness (QED) is 0.0549. The molecule has 9 rings (SSSR count). The number of nitrogens with zero attached hydrogens (tertiary/aromatic N) is 3. The van der Waals surface area contributed by atoms with Crippen LogP contribution in [0.25, 0.3) is 21.8 Å². The Bertz CT molecular complexity index is 2160. The molecule has 2 aromatic heterocycles. The average molecular weight is 832 g/mol. The fourth-order valence-corrected chi connectivity index (χ4v) is 11.5. The van der Waals surface area contributed by atoms with E-state index in [4.69, 9.17) is 15.3 Å². The number of fused-ring (bicyclic) bond motifs is 3. The Morgan fingerprint density at radius 3 is 0.754 bits per heavy atom. The molecule has 9 heteroatoms. The fourth-order valence-electron chi connectivity index (χ4n) is 6.31. The van der Waals surface area contributed by atoms with Gasteiger partial charge < -0.3 is 15.3 Å². The molecule has 0 aliphatic rings. The van der Waals surface area contributed by atoms with Gasteiger partial charge in [0.15, 0.2) is 0 Å². The second-order valence-corrected chi connectivity index (χ2v) is 17.3. The van der Waals surface area contributed by atoms with Crippen molar-refractivity contribution >= 4 is 69.5 Å². The molecule has 2 heterocycles. The van der Waals surface area contributed by atoms with Crippen molar-refractivity contribution in [2.24, 2.45) is 0 Å². The summed E-state index contributed by atoms with van der Waals surface area (Å²) < 4.78 is 0. The van der Waals surface area contributed by atoms with Crippen LogP contribution in [0.5, 0.6) is 0 Å². The van der Waals surface area contributed by atoms with Crippen LogP contribution in [0.4, 0.5) is 0 Å². The molecule has 0 unspecified atom stereocenters. The summed E-state index contributed by atoms with van der Waals surface area (Å²) in [6.07, 6.45) is 3.60. The second-order valence-electron chi connectivity index (χ2n) is 12.4. The van der Waals surface area contributed by atoms with Crippen molar-refractivity contribution in [1.29, 1.82) is 0 Å². The van der Waals surface area contributed by atoms with E-state index < -0.39 is 20.9 Å². The van der Waals surface area contributed by atoms with Crippen LogP contribution in [-0.2, 0) is 17.1 Å². The van der Waals surface area contributed by atoms with Crippen molar-refractivity contribution in [3.05, 3.63) is 246 Å². The molecule has 0 amide bonds. The van der Waals surface area contributed by atoms with Crippen molar-refractivity contribution in [2.75, 3.05) is 0 Å². The van der Waals surface area contributed by atoms with E-state index in [2.05, 4.69) is 216 Å². The van der Waals surface area contributed by atoms with E-state index in [1.54, 1.807) is 12.4 Å². The number of aromatic nitrogens is 2. The van der Waals surface area contributed by atoms with Gasteiger partial charge in [-0.1, -0.05) is 133 Å². The molecular formula is C48H40CuN3O3P2+. The van der Waals surface area contributed by atoms with Crippen LogP contribution in [-0.4, -0.2) is 15.1 Å². The molecule has 0 aliphatic heterocycles. The van der Waals surface area contributed by atoms with Gasteiger partial charge in [-0.15, -0.1) is 0 Å². The van der Waals surface area contributed by atoms with Crippen LogP contribution >= 0.6 is 15.8 Å². The van der Waals surface area contributed by atoms with Crippen LogP contribution in [0.15, 0.2) is 231 Å². The van der Waals surface area contributed by atoms with Gasteiger partial charge in [-0.3, -0.25) is 9.97 Å². The minimum Gasteiger partial charge on any atom is -0.356 e. The zero-order valence-corrected chi connectivity index (χ0v) is 33.7. The Kier molecular flexibility index (Phi) is 16.6. The van der Waals surface area contributed by atoms with Gasteiger partial charge in [0.2, 0.25) is 0 Å². The first-order valence-corrected chi connectivity index (χ1v) is 21.0. The van der Waals surface area contributed by atoms with Crippen LogP contribution in [0.2, 0.25) is 0 Å². The molecular weight excluding hydrogens is 792 g/mol. The number of pyridine rings is 2. The number of hydrogen-bond acceptors (Lipinski definition) is 5. The standard InChI is InChI=1S/2C18H15P.C12H8N2.Cu.NO3/c2*1-4-10-16(11-5-1)19(17-12-6-2-7-13-17)18-14-8-3-9-15-18;1-3-9-5-6-10-4-2-8-14-12(10)11(9)13-7-1;;2-1(3)4/h2*1-15H;1-8H;;/q;;;;-1/p+2. The first-order valence-electron chi connectivity index (χ1n) is 18.0. The van der Waals surface area contributed by atoms with Crippen molar-refractivity contribution in [1.82, 2.24) is 9.97 Å². The average Bonchev–Trinajstić information content (AvgIpc) is 3.26. The van der Waals surface area contributed by atoms with Crippen molar-refractivity contribution in [2.45, 2.75) is 0 Å². The SMILES string of the molecule is O=[N+]([O-])[O-].[Cu].c1ccc([PH+](c2ccccc2)c2ccccc2)cc1.c1ccc([PH+](c2ccccc2)c2ccccc2)cc1.c1cnc2c(c1)ccc1cccnc12. The van der Waals surface area contributed by atoms with Crippen LogP contribution in [0, 0.1) is 15.3 Å². The van der Waals surface area contributed by atoms with E-state index >= 15 is 0 Å². The summed E-state index contributed by atoms with van der Waals surface area (Å²) in [7, 11) is -1.75. The third kappa shape index (κ3) is 12.2. The minimum absolute atomic E-state index is 0. The van der Waals surface area contributed by atoms with Crippen LogP contribution in [0.1, 0.15) is 0 Å². The molecule has 0 aliphatic carbocycles. The summed E-state index contributed by atoms with van der Waals surface area (Å²) in [5.74, 6) is 0. The van der Waals surface area contributed by atoms with Crippen molar-refractivity contribution in [3.8, 4) is 0 Å². The minimum atomic E-state index is -1.75. The van der Waals surface area contributed by atoms with Gasteiger partial charge in [-0.25, -0.2) is 0 Å². The molecule has 57 heavy (non-hydrogen) atoms. The van der Waals surface area contributed by atoms with Crippen molar-refractivity contribution in [3.63, 3.8) is 0 Å². The molecule has 0 saturated heterocycles. The Hall–Kier alpha value is -6.06. The van der Waals surface area contributed by atoms with Gasteiger partial charge >= 0.3 is 0 Å². The third-order valence-electron chi connectivity index (χ3n) is 8.72. The Balaban J connectivity index is 0.000000156. The first-order chi connectivity index (χ1) is 27.6. The van der Waals surface area contributed by atoms with E-state index in [0.29, 0.717) is 0 Å². The molecule has 285 valence electrons. The van der Waals surface area contributed by atoms with E-state index in [0.717, 1.165) is 21.8 Å².